The average molecular weight is 396 g/mol. The molecule has 7 heteroatoms. The second-order valence-electron chi connectivity index (χ2n) is 6.89. The lowest BCUT2D eigenvalue weighted by atomic mass is 9.93. The first-order valence-electron chi connectivity index (χ1n) is 8.18. The number of nitrogens with one attached hydrogen (secondary N) is 1. The molecule has 26 heavy (non-hydrogen) atoms. The minimum Gasteiger partial charge on any atom is -0.347 e. The van der Waals surface area contributed by atoms with Gasteiger partial charge in [-0.3, -0.25) is 9.59 Å². The van der Waals surface area contributed by atoms with Gasteiger partial charge in [0, 0.05) is 25.7 Å². The van der Waals surface area contributed by atoms with Gasteiger partial charge in [-0.15, -0.1) is 23.7 Å². The van der Waals surface area contributed by atoms with Gasteiger partial charge in [-0.1, -0.05) is 32.0 Å². The summed E-state index contributed by atoms with van der Waals surface area (Å²) in [6.07, 6.45) is 0. The van der Waals surface area contributed by atoms with Crippen molar-refractivity contribution in [1.82, 2.24) is 10.2 Å². The molecule has 3 N–H and O–H groups in total. The van der Waals surface area contributed by atoms with E-state index in [-0.39, 0.29) is 29.6 Å². The lowest BCUT2D eigenvalue weighted by Crippen LogP contribution is -2.39. The van der Waals surface area contributed by atoms with Gasteiger partial charge in [0.1, 0.15) is 0 Å². The Hall–Kier alpha value is -1.89. The van der Waals surface area contributed by atoms with E-state index in [0.717, 1.165) is 5.56 Å². The molecule has 0 unspecified atom stereocenters. The van der Waals surface area contributed by atoms with Crippen molar-refractivity contribution in [2.45, 2.75) is 20.4 Å². The van der Waals surface area contributed by atoms with Crippen molar-refractivity contribution >= 4 is 35.6 Å². The summed E-state index contributed by atoms with van der Waals surface area (Å²) in [5, 5.41) is 4.75. The smallest absolute Gasteiger partial charge is 0.261 e. The fourth-order valence-electron chi connectivity index (χ4n) is 2.44. The van der Waals surface area contributed by atoms with E-state index in [1.165, 1.54) is 11.3 Å². The van der Waals surface area contributed by atoms with Crippen molar-refractivity contribution in [3.63, 3.8) is 0 Å². The highest BCUT2D eigenvalue weighted by molar-refractivity contribution is 7.12. The van der Waals surface area contributed by atoms with E-state index >= 15 is 0 Å². The Morgan fingerprint density at radius 1 is 1.19 bits per heavy atom. The maximum atomic E-state index is 12.5. The largest absolute Gasteiger partial charge is 0.347 e. The van der Waals surface area contributed by atoms with E-state index in [1.807, 2.05) is 37.4 Å². The second kappa shape index (κ2) is 9.71. The molecule has 2 aromatic rings. The highest BCUT2D eigenvalue weighted by Gasteiger charge is 2.21. The van der Waals surface area contributed by atoms with E-state index in [4.69, 9.17) is 5.73 Å². The Labute approximate surface area is 165 Å². The number of hydrogen-bond acceptors (Lipinski definition) is 4. The number of hydrogen-bond donors (Lipinski definition) is 2. The van der Waals surface area contributed by atoms with Gasteiger partial charge in [0.25, 0.3) is 11.8 Å². The highest BCUT2D eigenvalue weighted by Crippen LogP contribution is 2.16. The number of benzene rings is 1. The molecule has 0 saturated carbocycles. The van der Waals surface area contributed by atoms with Crippen LogP contribution in [-0.4, -0.2) is 36.9 Å². The minimum atomic E-state index is -0.115. The number of nitrogens with two attached hydrogens (primary N) is 1. The lowest BCUT2D eigenvalue weighted by Gasteiger charge is -2.29. The Morgan fingerprint density at radius 3 is 2.38 bits per heavy atom. The Kier molecular flexibility index (Phi) is 8.27. The standard InChI is InChI=1S/C19H25N3O2S.ClH/c1-19(2,12-20)13-22(3)18(24)15-8-6-14(7-9-15)11-21-17(23)16-5-4-10-25-16;/h4-10H,11-13,20H2,1-3H3,(H,21,23);1H. The van der Waals surface area contributed by atoms with Crippen molar-refractivity contribution in [1.29, 1.82) is 0 Å². The van der Waals surface area contributed by atoms with Crippen LogP contribution in [0.25, 0.3) is 0 Å². The molecule has 0 fully saturated rings. The van der Waals surface area contributed by atoms with Crippen LogP contribution >= 0.6 is 23.7 Å². The number of nitrogens with zero attached hydrogens (tertiary/aromatic N) is 1. The summed E-state index contributed by atoms with van der Waals surface area (Å²) >= 11 is 1.41. The zero-order valence-corrected chi connectivity index (χ0v) is 17.0. The van der Waals surface area contributed by atoms with Crippen LogP contribution in [0.15, 0.2) is 41.8 Å². The first kappa shape index (κ1) is 22.2. The van der Waals surface area contributed by atoms with Gasteiger partial charge in [0.2, 0.25) is 0 Å². The third-order valence-electron chi connectivity index (χ3n) is 3.96. The summed E-state index contributed by atoms with van der Waals surface area (Å²) in [5.41, 5.74) is 7.20. The lowest BCUT2D eigenvalue weighted by molar-refractivity contribution is 0.0740. The summed E-state index contributed by atoms with van der Waals surface area (Å²) in [7, 11) is 1.79. The summed E-state index contributed by atoms with van der Waals surface area (Å²) < 4.78 is 0. The normalized spacial score (nSPS) is 10.8. The van der Waals surface area contributed by atoms with Crippen LogP contribution in [0.1, 0.15) is 39.4 Å². The number of carbonyl (C=O) groups excluding carboxylic acids is 2. The molecule has 1 aromatic carbocycles. The first-order chi connectivity index (χ1) is 11.8. The number of rotatable bonds is 7. The van der Waals surface area contributed by atoms with Crippen molar-refractivity contribution < 1.29 is 9.59 Å². The fourth-order valence-corrected chi connectivity index (χ4v) is 3.08. The molecule has 0 atom stereocenters. The molecule has 0 bridgehead atoms. The maximum Gasteiger partial charge on any atom is 0.261 e. The average Bonchev–Trinajstić information content (AvgIpc) is 3.14. The minimum absolute atomic E-state index is 0. The van der Waals surface area contributed by atoms with Crippen molar-refractivity contribution in [3.05, 3.63) is 57.8 Å². The number of halogens is 1. The number of thiophene rings is 1. The van der Waals surface area contributed by atoms with Gasteiger partial charge in [0.05, 0.1) is 4.88 Å². The van der Waals surface area contributed by atoms with Crippen LogP contribution in [0.3, 0.4) is 0 Å². The van der Waals surface area contributed by atoms with E-state index in [1.54, 1.807) is 30.1 Å². The molecule has 0 saturated heterocycles. The van der Waals surface area contributed by atoms with Crippen molar-refractivity contribution in [2.75, 3.05) is 20.1 Å². The summed E-state index contributed by atoms with van der Waals surface area (Å²) in [4.78, 5) is 26.8. The molecular formula is C19H26ClN3O2S. The molecule has 0 radical (unpaired) electrons. The quantitative estimate of drug-likeness (QED) is 0.756. The van der Waals surface area contributed by atoms with Gasteiger partial charge < -0.3 is 16.0 Å². The van der Waals surface area contributed by atoms with E-state index in [9.17, 15) is 9.59 Å². The van der Waals surface area contributed by atoms with Gasteiger partial charge in [-0.2, -0.15) is 0 Å². The maximum absolute atomic E-state index is 12.5. The van der Waals surface area contributed by atoms with Gasteiger partial charge in [-0.05, 0) is 41.1 Å². The van der Waals surface area contributed by atoms with E-state index in [2.05, 4.69) is 5.32 Å². The van der Waals surface area contributed by atoms with Crippen LogP contribution in [0, 0.1) is 5.41 Å². The fraction of sp³-hybridized carbons (Fsp3) is 0.368. The summed E-state index contributed by atoms with van der Waals surface area (Å²) in [5.74, 6) is -0.116. The predicted molar refractivity (Wildman–Crippen MR) is 109 cm³/mol. The third kappa shape index (κ3) is 6.12. The first-order valence-corrected chi connectivity index (χ1v) is 9.06. The topological polar surface area (TPSA) is 75.4 Å². The molecule has 2 amide bonds. The van der Waals surface area contributed by atoms with Gasteiger partial charge in [-0.25, -0.2) is 0 Å². The van der Waals surface area contributed by atoms with Crippen LogP contribution < -0.4 is 11.1 Å². The second-order valence-corrected chi connectivity index (χ2v) is 7.83. The van der Waals surface area contributed by atoms with E-state index < -0.39 is 0 Å². The molecule has 1 aromatic heterocycles. The SMILES string of the molecule is CN(CC(C)(C)CN)C(=O)c1ccc(CNC(=O)c2cccs2)cc1.Cl. The van der Waals surface area contributed by atoms with Crippen molar-refractivity contribution in [3.8, 4) is 0 Å². The van der Waals surface area contributed by atoms with Crippen LogP contribution in [0.4, 0.5) is 0 Å². The molecule has 0 aliphatic carbocycles. The zero-order chi connectivity index (χ0) is 18.4. The third-order valence-corrected chi connectivity index (χ3v) is 4.83. The molecule has 5 nitrogen and oxygen atoms in total. The van der Waals surface area contributed by atoms with Crippen molar-refractivity contribution in [2.24, 2.45) is 11.1 Å². The Morgan fingerprint density at radius 2 is 1.85 bits per heavy atom. The Bertz CT molecular complexity index is 715. The highest BCUT2D eigenvalue weighted by atomic mass is 35.5. The molecular weight excluding hydrogens is 370 g/mol. The van der Waals surface area contributed by atoms with Gasteiger partial charge in [0.15, 0.2) is 0 Å². The van der Waals surface area contributed by atoms with Crippen LogP contribution in [0.2, 0.25) is 0 Å². The van der Waals surface area contributed by atoms with Gasteiger partial charge >= 0.3 is 0 Å². The monoisotopic (exact) mass is 395 g/mol. The molecule has 1 heterocycles. The number of carbonyl (C=O) groups is 2. The van der Waals surface area contributed by atoms with E-state index in [0.29, 0.717) is 30.1 Å². The predicted octanol–water partition coefficient (Wildman–Crippen LogP) is 3.16. The van der Waals surface area contributed by atoms with Crippen LogP contribution in [0.5, 0.6) is 0 Å². The van der Waals surface area contributed by atoms with Crippen LogP contribution in [-0.2, 0) is 6.54 Å². The summed E-state index contributed by atoms with van der Waals surface area (Å²) in [6, 6.07) is 11.0. The number of amides is 2. The zero-order valence-electron chi connectivity index (χ0n) is 15.3. The molecule has 0 spiro atoms. The Balaban J connectivity index is 0.00000338. The summed E-state index contributed by atoms with van der Waals surface area (Å²) in [6.45, 7) is 5.63. The molecule has 2 rings (SSSR count). The molecule has 0 aliphatic rings. The molecule has 0 aliphatic heterocycles. The molecule has 142 valence electrons.